The molecular formula is C15H33O3P. The maximum Gasteiger partial charge on any atom is 0.327 e. The van der Waals surface area contributed by atoms with Gasteiger partial charge in [0.25, 0.3) is 0 Å². The van der Waals surface area contributed by atoms with Crippen LogP contribution in [0.15, 0.2) is 0 Å². The second-order valence-corrected chi connectivity index (χ2v) is 7.33. The Morgan fingerprint density at radius 1 is 0.684 bits per heavy atom. The van der Waals surface area contributed by atoms with Crippen LogP contribution in [0.1, 0.15) is 78.1 Å². The minimum absolute atomic E-state index is 0.563. The average molecular weight is 292 g/mol. The molecular weight excluding hydrogens is 259 g/mol. The summed E-state index contributed by atoms with van der Waals surface area (Å²) in [6, 6.07) is 0. The van der Waals surface area contributed by atoms with Crippen LogP contribution in [-0.2, 0) is 13.6 Å². The smallest absolute Gasteiger partial charge is 0.309 e. The molecule has 0 saturated heterocycles. The number of unbranched alkanes of at least 4 members (excludes halogenated alkanes) is 8. The maximum atomic E-state index is 11.9. The van der Waals surface area contributed by atoms with Gasteiger partial charge < -0.3 is 9.05 Å². The lowest BCUT2D eigenvalue weighted by Gasteiger charge is -2.14. The molecule has 0 heterocycles. The standard InChI is InChI=1S/C15H33O3P/c1-4-6-8-10-12-14-17-19(3,16)18-15-13-11-9-7-5-2/h4-15H2,1-3H3. The number of hydrogen-bond acceptors (Lipinski definition) is 3. The SMILES string of the molecule is CCCCCCCOP(C)(=O)OCCCCCCC. The van der Waals surface area contributed by atoms with Crippen molar-refractivity contribution in [2.45, 2.75) is 78.1 Å². The Hall–Kier alpha value is 0.150. The summed E-state index contributed by atoms with van der Waals surface area (Å²) >= 11 is 0. The Morgan fingerprint density at radius 2 is 1.05 bits per heavy atom. The summed E-state index contributed by atoms with van der Waals surface area (Å²) in [5.74, 6) is 0. The van der Waals surface area contributed by atoms with Crippen LogP contribution in [0.4, 0.5) is 0 Å². The molecule has 0 atom stereocenters. The monoisotopic (exact) mass is 292 g/mol. The molecule has 0 saturated carbocycles. The van der Waals surface area contributed by atoms with Crippen molar-refractivity contribution in [3.05, 3.63) is 0 Å². The predicted molar refractivity (Wildman–Crippen MR) is 83.0 cm³/mol. The lowest BCUT2D eigenvalue weighted by molar-refractivity contribution is 0.202. The van der Waals surface area contributed by atoms with E-state index in [0.29, 0.717) is 13.2 Å². The molecule has 3 nitrogen and oxygen atoms in total. The van der Waals surface area contributed by atoms with Crippen molar-refractivity contribution < 1.29 is 13.6 Å². The zero-order valence-corrected chi connectivity index (χ0v) is 14.1. The molecule has 4 heteroatoms. The summed E-state index contributed by atoms with van der Waals surface area (Å²) in [6.45, 7) is 7.11. The highest BCUT2D eigenvalue weighted by molar-refractivity contribution is 7.52. The minimum Gasteiger partial charge on any atom is -0.309 e. The normalized spacial score (nSPS) is 11.9. The molecule has 0 amide bonds. The van der Waals surface area contributed by atoms with E-state index < -0.39 is 7.60 Å². The van der Waals surface area contributed by atoms with Gasteiger partial charge in [-0.1, -0.05) is 65.2 Å². The summed E-state index contributed by atoms with van der Waals surface area (Å²) in [4.78, 5) is 0. The van der Waals surface area contributed by atoms with E-state index in [9.17, 15) is 4.57 Å². The Morgan fingerprint density at radius 3 is 1.42 bits per heavy atom. The first-order chi connectivity index (χ1) is 9.12. The van der Waals surface area contributed by atoms with Crippen LogP contribution in [0.5, 0.6) is 0 Å². The van der Waals surface area contributed by atoms with E-state index in [4.69, 9.17) is 9.05 Å². The fraction of sp³-hybridized carbons (Fsp3) is 1.00. The molecule has 0 rings (SSSR count). The molecule has 0 spiro atoms. The molecule has 0 unspecified atom stereocenters. The van der Waals surface area contributed by atoms with Gasteiger partial charge in [-0.15, -0.1) is 0 Å². The second kappa shape index (κ2) is 13.1. The van der Waals surface area contributed by atoms with E-state index in [2.05, 4.69) is 13.8 Å². The zero-order chi connectivity index (χ0) is 14.4. The van der Waals surface area contributed by atoms with Gasteiger partial charge in [0, 0.05) is 6.66 Å². The Labute approximate surface area is 120 Å². The van der Waals surface area contributed by atoms with E-state index in [1.54, 1.807) is 6.66 Å². The largest absolute Gasteiger partial charge is 0.327 e. The Bertz CT molecular complexity index is 211. The summed E-state index contributed by atoms with van der Waals surface area (Å²) in [6.07, 6.45) is 11.8. The molecule has 0 aliphatic carbocycles. The Balaban J connectivity index is 3.39. The third kappa shape index (κ3) is 14.4. The quantitative estimate of drug-likeness (QED) is 0.300. The Kier molecular flexibility index (Phi) is 13.3. The summed E-state index contributed by atoms with van der Waals surface area (Å²) in [7, 11) is -2.80. The van der Waals surface area contributed by atoms with Gasteiger partial charge in [-0.3, -0.25) is 4.57 Å². The molecule has 0 aromatic rings. The second-order valence-electron chi connectivity index (χ2n) is 5.27. The van der Waals surface area contributed by atoms with E-state index in [-0.39, 0.29) is 0 Å². The minimum atomic E-state index is -2.80. The van der Waals surface area contributed by atoms with Crippen molar-refractivity contribution in [1.29, 1.82) is 0 Å². The van der Waals surface area contributed by atoms with E-state index in [0.717, 1.165) is 25.7 Å². The molecule has 0 aromatic carbocycles. The van der Waals surface area contributed by atoms with Crippen molar-refractivity contribution in [2.75, 3.05) is 19.9 Å². The van der Waals surface area contributed by atoms with Crippen LogP contribution in [0.25, 0.3) is 0 Å². The first-order valence-corrected chi connectivity index (χ1v) is 9.98. The number of rotatable bonds is 14. The molecule has 0 N–H and O–H groups in total. The molecule has 0 aliphatic heterocycles. The average Bonchev–Trinajstić information content (AvgIpc) is 2.38. The summed E-state index contributed by atoms with van der Waals surface area (Å²) in [5.41, 5.74) is 0. The lowest BCUT2D eigenvalue weighted by atomic mass is 10.2. The third-order valence-corrected chi connectivity index (χ3v) is 4.45. The molecule has 0 bridgehead atoms. The van der Waals surface area contributed by atoms with E-state index in [1.165, 1.54) is 38.5 Å². The predicted octanol–water partition coefficient (Wildman–Crippen LogP) is 5.78. The van der Waals surface area contributed by atoms with Gasteiger partial charge in [0.2, 0.25) is 0 Å². The van der Waals surface area contributed by atoms with Crippen LogP contribution in [0, 0.1) is 0 Å². The highest BCUT2D eigenvalue weighted by Crippen LogP contribution is 2.44. The fourth-order valence-corrected chi connectivity index (χ4v) is 2.91. The van der Waals surface area contributed by atoms with E-state index >= 15 is 0 Å². The van der Waals surface area contributed by atoms with Crippen LogP contribution < -0.4 is 0 Å². The molecule has 0 aliphatic rings. The first-order valence-electron chi connectivity index (χ1n) is 7.99. The molecule has 0 fully saturated rings. The molecule has 0 aromatic heterocycles. The van der Waals surface area contributed by atoms with Gasteiger partial charge in [-0.25, -0.2) is 0 Å². The first kappa shape index (κ1) is 19.1. The van der Waals surface area contributed by atoms with Crippen molar-refractivity contribution in [1.82, 2.24) is 0 Å². The van der Waals surface area contributed by atoms with Gasteiger partial charge in [-0.2, -0.15) is 0 Å². The highest BCUT2D eigenvalue weighted by Gasteiger charge is 2.15. The molecule has 116 valence electrons. The van der Waals surface area contributed by atoms with Crippen LogP contribution >= 0.6 is 7.60 Å². The van der Waals surface area contributed by atoms with Gasteiger partial charge in [-0.05, 0) is 12.8 Å². The molecule has 0 radical (unpaired) electrons. The van der Waals surface area contributed by atoms with Gasteiger partial charge >= 0.3 is 7.60 Å². The topological polar surface area (TPSA) is 35.5 Å². The summed E-state index contributed by atoms with van der Waals surface area (Å²) in [5, 5.41) is 0. The van der Waals surface area contributed by atoms with Gasteiger partial charge in [0.15, 0.2) is 0 Å². The fourth-order valence-electron chi connectivity index (χ4n) is 1.91. The van der Waals surface area contributed by atoms with Crippen LogP contribution in [0.2, 0.25) is 0 Å². The van der Waals surface area contributed by atoms with E-state index in [1.807, 2.05) is 0 Å². The van der Waals surface area contributed by atoms with Crippen LogP contribution in [0.3, 0.4) is 0 Å². The highest BCUT2D eigenvalue weighted by atomic mass is 31.2. The van der Waals surface area contributed by atoms with Crippen molar-refractivity contribution in [3.63, 3.8) is 0 Å². The van der Waals surface area contributed by atoms with Crippen molar-refractivity contribution >= 4 is 7.60 Å². The number of hydrogen-bond donors (Lipinski definition) is 0. The summed E-state index contributed by atoms with van der Waals surface area (Å²) < 4.78 is 22.7. The van der Waals surface area contributed by atoms with Gasteiger partial charge in [0.05, 0.1) is 13.2 Å². The lowest BCUT2D eigenvalue weighted by Crippen LogP contribution is -1.98. The third-order valence-electron chi connectivity index (χ3n) is 3.15. The van der Waals surface area contributed by atoms with Crippen molar-refractivity contribution in [3.8, 4) is 0 Å². The zero-order valence-electron chi connectivity index (χ0n) is 13.2. The molecule has 19 heavy (non-hydrogen) atoms. The van der Waals surface area contributed by atoms with Crippen LogP contribution in [-0.4, -0.2) is 19.9 Å². The van der Waals surface area contributed by atoms with Crippen molar-refractivity contribution in [2.24, 2.45) is 0 Å². The van der Waals surface area contributed by atoms with Gasteiger partial charge in [0.1, 0.15) is 0 Å². The maximum absolute atomic E-state index is 11.9.